The third kappa shape index (κ3) is 5.63. The van der Waals surface area contributed by atoms with Gasteiger partial charge in [-0.15, -0.1) is 0 Å². The summed E-state index contributed by atoms with van der Waals surface area (Å²) in [7, 11) is 3.87. The Bertz CT molecular complexity index is 1150. The monoisotopic (exact) mass is 495 g/mol. The minimum Gasteiger partial charge on any atom is -0.362 e. The van der Waals surface area contributed by atoms with E-state index < -0.39 is 41.2 Å². The summed E-state index contributed by atoms with van der Waals surface area (Å²) in [5.41, 5.74) is 0.0200. The van der Waals surface area contributed by atoms with Gasteiger partial charge in [0.1, 0.15) is 5.82 Å². The van der Waals surface area contributed by atoms with Crippen molar-refractivity contribution in [3.8, 4) is 0 Å². The quantitative estimate of drug-likeness (QED) is 0.247. The topological polar surface area (TPSA) is 53.1 Å². The van der Waals surface area contributed by atoms with E-state index in [9.17, 15) is 22.0 Å². The largest absolute Gasteiger partial charge is 0.362 e. The molecule has 0 unspecified atom stereocenters. The molecule has 3 aromatic rings. The van der Waals surface area contributed by atoms with E-state index in [1.165, 1.54) is 0 Å². The van der Waals surface area contributed by atoms with Gasteiger partial charge in [0.05, 0.1) is 5.52 Å². The molecule has 0 radical (unpaired) electrons. The van der Waals surface area contributed by atoms with Crippen molar-refractivity contribution in [1.82, 2.24) is 15.3 Å². The third-order valence-corrected chi connectivity index (χ3v) is 6.22. The minimum absolute atomic E-state index is 0. The van der Waals surface area contributed by atoms with Crippen LogP contribution in [0.1, 0.15) is 38.7 Å². The van der Waals surface area contributed by atoms with Crippen LogP contribution in [0.2, 0.25) is 0 Å². The first-order valence-corrected chi connectivity index (χ1v) is 11.2. The molecule has 1 saturated carbocycles. The number of hydrogen-bond acceptors (Lipinski definition) is 5. The van der Waals surface area contributed by atoms with Crippen LogP contribution in [0.3, 0.4) is 0 Å². The second-order valence-electron chi connectivity index (χ2n) is 8.82. The molecule has 1 aliphatic carbocycles. The summed E-state index contributed by atoms with van der Waals surface area (Å²) < 4.78 is 67.5. The first-order valence-electron chi connectivity index (χ1n) is 11.2. The second kappa shape index (κ2) is 11.2. The number of anilines is 2. The SMILES string of the molecule is C.CN(C)c1nc(NC2CCC(CNCc3c(F)c(F)c(F)c(F)c3F)CC2)nc2ccccc12. The van der Waals surface area contributed by atoms with Crippen molar-refractivity contribution in [3.05, 3.63) is 58.9 Å². The van der Waals surface area contributed by atoms with E-state index in [0.717, 1.165) is 42.4 Å². The lowest BCUT2D eigenvalue weighted by Gasteiger charge is -2.29. The highest BCUT2D eigenvalue weighted by Crippen LogP contribution is 2.29. The van der Waals surface area contributed by atoms with Crippen molar-refractivity contribution in [3.63, 3.8) is 0 Å². The van der Waals surface area contributed by atoms with E-state index in [1.807, 2.05) is 43.3 Å². The Morgan fingerprint density at radius 3 is 2.09 bits per heavy atom. The lowest BCUT2D eigenvalue weighted by Crippen LogP contribution is -2.32. The van der Waals surface area contributed by atoms with Gasteiger partial charge < -0.3 is 15.5 Å². The van der Waals surface area contributed by atoms with Crippen LogP contribution < -0.4 is 15.5 Å². The maximum Gasteiger partial charge on any atom is 0.225 e. The zero-order valence-corrected chi connectivity index (χ0v) is 18.9. The molecule has 0 spiro atoms. The fourth-order valence-electron chi connectivity index (χ4n) is 4.37. The molecule has 2 N–H and O–H groups in total. The van der Waals surface area contributed by atoms with Crippen LogP contribution >= 0.6 is 0 Å². The summed E-state index contributed by atoms with van der Waals surface area (Å²) in [6.45, 7) is -0.00826. The van der Waals surface area contributed by atoms with E-state index in [0.29, 0.717) is 12.5 Å². The van der Waals surface area contributed by atoms with Crippen molar-refractivity contribution in [1.29, 1.82) is 0 Å². The van der Waals surface area contributed by atoms with Gasteiger partial charge in [-0.1, -0.05) is 19.6 Å². The molecule has 1 aromatic heterocycles. The first kappa shape index (κ1) is 26.6. The first-order chi connectivity index (χ1) is 16.3. The van der Waals surface area contributed by atoms with Crippen molar-refractivity contribution in [2.24, 2.45) is 5.92 Å². The Labute approximate surface area is 201 Å². The van der Waals surface area contributed by atoms with Gasteiger partial charge in [0, 0.05) is 37.6 Å². The van der Waals surface area contributed by atoms with Crippen molar-refractivity contribution >= 4 is 22.7 Å². The van der Waals surface area contributed by atoms with Crippen molar-refractivity contribution < 1.29 is 22.0 Å². The summed E-state index contributed by atoms with van der Waals surface area (Å²) in [5, 5.41) is 7.23. The number of hydrogen-bond donors (Lipinski definition) is 2. The zero-order chi connectivity index (χ0) is 24.4. The number of benzene rings is 2. The van der Waals surface area contributed by atoms with Crippen LogP contribution in [0, 0.1) is 35.0 Å². The van der Waals surface area contributed by atoms with Gasteiger partial charge in [-0.25, -0.2) is 26.9 Å². The highest BCUT2D eigenvalue weighted by atomic mass is 19.2. The molecule has 35 heavy (non-hydrogen) atoms. The molecule has 10 heteroatoms. The summed E-state index contributed by atoms with van der Waals surface area (Å²) in [6.07, 6.45) is 3.39. The number of nitrogens with one attached hydrogen (secondary N) is 2. The molecule has 0 bridgehead atoms. The van der Waals surface area contributed by atoms with E-state index in [-0.39, 0.29) is 19.4 Å². The number of para-hydroxylation sites is 1. The number of fused-ring (bicyclic) bond motifs is 1. The van der Waals surface area contributed by atoms with E-state index in [1.54, 1.807) is 0 Å². The van der Waals surface area contributed by atoms with Gasteiger partial charge in [0.25, 0.3) is 0 Å². The van der Waals surface area contributed by atoms with Gasteiger partial charge in [-0.3, -0.25) is 0 Å². The molecule has 0 amide bonds. The fourth-order valence-corrected chi connectivity index (χ4v) is 4.37. The molecule has 1 fully saturated rings. The smallest absolute Gasteiger partial charge is 0.225 e. The predicted octanol–water partition coefficient (Wildman–Crippen LogP) is 5.79. The molecule has 1 heterocycles. The second-order valence-corrected chi connectivity index (χ2v) is 8.82. The van der Waals surface area contributed by atoms with E-state index >= 15 is 0 Å². The molecule has 0 aliphatic heterocycles. The average Bonchev–Trinajstić information content (AvgIpc) is 2.84. The normalized spacial score (nSPS) is 17.8. The lowest BCUT2D eigenvalue weighted by molar-refractivity contribution is 0.319. The molecule has 0 atom stereocenters. The average molecular weight is 496 g/mol. The Morgan fingerprint density at radius 2 is 1.46 bits per heavy atom. The number of aromatic nitrogens is 2. The Hall–Kier alpha value is -3.01. The van der Waals surface area contributed by atoms with Crippen LogP contribution in [-0.2, 0) is 6.54 Å². The molecular weight excluding hydrogens is 465 g/mol. The Morgan fingerprint density at radius 1 is 0.857 bits per heavy atom. The van der Waals surface area contributed by atoms with E-state index in [2.05, 4.69) is 20.6 Å². The van der Waals surface area contributed by atoms with Gasteiger partial charge in [-0.2, -0.15) is 4.98 Å². The standard InChI is InChI=1S/C24H26F5N5.CH4/c1-34(2)23-15-5-3-4-6-17(15)32-24(33-23)31-14-9-7-13(8-10-14)11-30-12-16-18(25)20(27)22(29)21(28)19(16)26;/h3-6,13-14,30H,7-12H2,1-2H3,(H,31,32,33);1H4. The molecule has 4 rings (SSSR count). The fraction of sp³-hybridized carbons (Fsp3) is 0.440. The molecular formula is C25H30F5N5. The highest BCUT2D eigenvalue weighted by molar-refractivity contribution is 5.90. The minimum atomic E-state index is -2.14. The van der Waals surface area contributed by atoms with Crippen LogP contribution in [0.25, 0.3) is 10.9 Å². The van der Waals surface area contributed by atoms with Crippen LogP contribution in [0.5, 0.6) is 0 Å². The van der Waals surface area contributed by atoms with Gasteiger partial charge >= 0.3 is 0 Å². The van der Waals surface area contributed by atoms with Gasteiger partial charge in [0.2, 0.25) is 11.8 Å². The summed E-state index contributed by atoms with van der Waals surface area (Å²) in [4.78, 5) is 11.2. The van der Waals surface area contributed by atoms with Crippen LogP contribution in [0.4, 0.5) is 33.7 Å². The van der Waals surface area contributed by atoms with Gasteiger partial charge in [-0.05, 0) is 50.3 Å². The molecule has 5 nitrogen and oxygen atoms in total. The molecule has 190 valence electrons. The third-order valence-electron chi connectivity index (χ3n) is 6.22. The van der Waals surface area contributed by atoms with Crippen molar-refractivity contribution in [2.45, 2.75) is 45.7 Å². The van der Waals surface area contributed by atoms with Crippen LogP contribution in [-0.4, -0.2) is 36.6 Å². The molecule has 2 aromatic carbocycles. The summed E-state index contributed by atoms with van der Waals surface area (Å²) in [5.74, 6) is -7.93. The van der Waals surface area contributed by atoms with E-state index in [4.69, 9.17) is 0 Å². The Kier molecular flexibility index (Phi) is 8.47. The predicted molar refractivity (Wildman–Crippen MR) is 128 cm³/mol. The lowest BCUT2D eigenvalue weighted by atomic mass is 9.86. The number of halogens is 5. The maximum absolute atomic E-state index is 13.8. The summed E-state index contributed by atoms with van der Waals surface area (Å²) in [6, 6.07) is 8.00. The van der Waals surface area contributed by atoms with Gasteiger partial charge in [0.15, 0.2) is 23.3 Å². The number of rotatable bonds is 7. The zero-order valence-electron chi connectivity index (χ0n) is 18.9. The Balaban J connectivity index is 0.00000342. The molecule has 0 saturated heterocycles. The van der Waals surface area contributed by atoms with Crippen molar-refractivity contribution in [2.75, 3.05) is 30.9 Å². The number of nitrogens with zero attached hydrogens (tertiary/aromatic N) is 3. The highest BCUT2D eigenvalue weighted by Gasteiger charge is 2.26. The summed E-state index contributed by atoms with van der Waals surface area (Å²) >= 11 is 0. The molecule has 1 aliphatic rings. The van der Waals surface area contributed by atoms with Crippen LogP contribution in [0.15, 0.2) is 24.3 Å². The maximum atomic E-state index is 13.8.